The summed E-state index contributed by atoms with van der Waals surface area (Å²) in [7, 11) is 0. The van der Waals surface area contributed by atoms with Gasteiger partial charge in [-0.1, -0.05) is 32.3 Å². The fraction of sp³-hybridized carbons (Fsp3) is 0.533. The number of amides is 5. The number of carbonyl (C=O) groups is 7. The maximum Gasteiger partial charge on any atom is 0.352 e. The van der Waals surface area contributed by atoms with Gasteiger partial charge in [-0.3, -0.25) is 28.9 Å². The third-order valence-electron chi connectivity index (χ3n) is 8.36. The van der Waals surface area contributed by atoms with Gasteiger partial charge in [0.2, 0.25) is 34.4 Å². The molecule has 21 heteroatoms. The number of rotatable bonds is 16. The van der Waals surface area contributed by atoms with E-state index in [2.05, 4.69) is 30.5 Å². The molecule has 1 aromatic heterocycles. The number of carbonyl (C=O) groups excluding carboxylic acids is 5. The molecule has 0 aliphatic carbocycles. The third-order valence-corrected chi connectivity index (χ3v) is 10.3. The molecule has 3 aliphatic rings. The number of nitrogens with one attached hydrogen (secondary N) is 3. The molecule has 0 radical (unpaired) electrons. The predicted octanol–water partition coefficient (Wildman–Crippen LogP) is -0.315. The van der Waals surface area contributed by atoms with Crippen LogP contribution in [-0.4, -0.2) is 124 Å². The van der Waals surface area contributed by atoms with E-state index in [0.29, 0.717) is 36.6 Å². The van der Waals surface area contributed by atoms with Gasteiger partial charge in [0.25, 0.3) is 11.8 Å². The minimum Gasteiger partial charge on any atom is -0.480 e. The van der Waals surface area contributed by atoms with Gasteiger partial charge < -0.3 is 42.0 Å². The highest BCUT2D eigenvalue weighted by Gasteiger charge is 2.54. The van der Waals surface area contributed by atoms with Crippen LogP contribution in [0, 0.1) is 5.92 Å². The van der Waals surface area contributed by atoms with Crippen molar-refractivity contribution in [3.63, 3.8) is 0 Å². The lowest BCUT2D eigenvalue weighted by Crippen LogP contribution is -2.71. The number of likely N-dealkylation sites (tertiary alicyclic amines) is 1. The molecule has 276 valence electrons. The SMILES string of the molecule is CCC[C@H](CN)N1CC/C(=C\C2=C(C(=O)O)N3C(=O)[C@@H](NC(=O)/C(=N/O)c4nsc(NC(=O)CCC(=O)N[C@H](C(=O)O)C(C)C)n4)[C@H]3SC2)C1=O. The van der Waals surface area contributed by atoms with Crippen molar-refractivity contribution >= 4 is 75.6 Å². The summed E-state index contributed by atoms with van der Waals surface area (Å²) in [5.74, 6) is -6.52. The van der Waals surface area contributed by atoms with Crippen molar-refractivity contribution in [2.75, 3.05) is 24.2 Å². The van der Waals surface area contributed by atoms with E-state index in [9.17, 15) is 49.0 Å². The maximum absolute atomic E-state index is 13.2. The van der Waals surface area contributed by atoms with Gasteiger partial charge in [0.15, 0.2) is 0 Å². The van der Waals surface area contributed by atoms with E-state index in [4.69, 9.17) is 5.73 Å². The van der Waals surface area contributed by atoms with Crippen LogP contribution in [0.1, 0.15) is 58.7 Å². The molecule has 0 bridgehead atoms. The molecule has 0 aromatic carbocycles. The number of anilines is 1. The van der Waals surface area contributed by atoms with Crippen molar-refractivity contribution in [1.82, 2.24) is 29.8 Å². The van der Waals surface area contributed by atoms with Crippen LogP contribution >= 0.6 is 23.3 Å². The Morgan fingerprint density at radius 3 is 2.45 bits per heavy atom. The molecule has 19 nitrogen and oxygen atoms in total. The van der Waals surface area contributed by atoms with Crippen molar-refractivity contribution in [2.45, 2.75) is 76.4 Å². The van der Waals surface area contributed by atoms with Crippen LogP contribution in [0.25, 0.3) is 0 Å². The minimum absolute atomic E-state index is 0.102. The highest BCUT2D eigenvalue weighted by molar-refractivity contribution is 8.00. The largest absolute Gasteiger partial charge is 0.480 e. The molecule has 0 unspecified atom stereocenters. The number of oxime groups is 1. The zero-order valence-electron chi connectivity index (χ0n) is 28.0. The number of allylic oxidation sites excluding steroid dienone is 1. The molecule has 0 saturated carbocycles. The number of nitrogens with two attached hydrogens (primary N) is 1. The first-order valence-corrected chi connectivity index (χ1v) is 17.9. The van der Waals surface area contributed by atoms with E-state index in [1.54, 1.807) is 18.7 Å². The van der Waals surface area contributed by atoms with E-state index in [1.807, 2.05) is 6.92 Å². The minimum atomic E-state index is -1.38. The Kier molecular flexibility index (Phi) is 12.9. The summed E-state index contributed by atoms with van der Waals surface area (Å²) >= 11 is 1.82. The fourth-order valence-electron chi connectivity index (χ4n) is 5.75. The quantitative estimate of drug-likeness (QED) is 0.0375. The molecule has 4 atom stereocenters. The summed E-state index contributed by atoms with van der Waals surface area (Å²) in [6.07, 6.45) is 2.88. The number of carboxylic acids is 2. The Balaban J connectivity index is 1.37. The molecular weight excluding hydrogens is 711 g/mol. The number of hydrogen-bond acceptors (Lipinski definition) is 14. The van der Waals surface area contributed by atoms with E-state index < -0.39 is 58.7 Å². The third kappa shape index (κ3) is 8.71. The first-order valence-electron chi connectivity index (χ1n) is 16.0. The van der Waals surface area contributed by atoms with Crippen LogP contribution in [0.3, 0.4) is 0 Å². The van der Waals surface area contributed by atoms with E-state index in [1.165, 1.54) is 17.8 Å². The Hall–Kier alpha value is -4.89. The molecule has 8 N–H and O–H groups in total. The van der Waals surface area contributed by atoms with Gasteiger partial charge in [0.1, 0.15) is 23.2 Å². The van der Waals surface area contributed by atoms with Gasteiger partial charge in [-0.25, -0.2) is 9.59 Å². The van der Waals surface area contributed by atoms with Crippen molar-refractivity contribution in [1.29, 1.82) is 0 Å². The Labute approximate surface area is 299 Å². The van der Waals surface area contributed by atoms with Crippen LogP contribution in [0.5, 0.6) is 0 Å². The zero-order valence-corrected chi connectivity index (χ0v) is 29.6. The Morgan fingerprint density at radius 2 is 1.84 bits per heavy atom. The predicted molar refractivity (Wildman–Crippen MR) is 182 cm³/mol. The number of fused-ring (bicyclic) bond motifs is 1. The van der Waals surface area contributed by atoms with Crippen molar-refractivity contribution in [2.24, 2.45) is 16.8 Å². The van der Waals surface area contributed by atoms with Gasteiger partial charge in [-0.15, -0.1) is 11.8 Å². The van der Waals surface area contributed by atoms with Gasteiger partial charge in [-0.2, -0.15) is 9.36 Å². The van der Waals surface area contributed by atoms with Gasteiger partial charge in [0, 0.05) is 54.8 Å². The van der Waals surface area contributed by atoms with Crippen LogP contribution in [0.15, 0.2) is 28.1 Å². The molecule has 51 heavy (non-hydrogen) atoms. The second-order valence-corrected chi connectivity index (χ2v) is 14.0. The number of hydrogen-bond donors (Lipinski definition) is 7. The highest BCUT2D eigenvalue weighted by Crippen LogP contribution is 2.41. The highest BCUT2D eigenvalue weighted by atomic mass is 32.2. The van der Waals surface area contributed by atoms with E-state index in [-0.39, 0.29) is 58.7 Å². The van der Waals surface area contributed by atoms with Gasteiger partial charge in [0.05, 0.1) is 0 Å². The summed E-state index contributed by atoms with van der Waals surface area (Å²) in [6.45, 7) is 6.01. The first-order chi connectivity index (χ1) is 24.2. The monoisotopic (exact) mass is 749 g/mol. The number of β-lactam (4-membered cyclic amide) rings is 1. The van der Waals surface area contributed by atoms with E-state index in [0.717, 1.165) is 17.7 Å². The van der Waals surface area contributed by atoms with Crippen LogP contribution in [0.4, 0.5) is 5.13 Å². The molecule has 3 aliphatic heterocycles. The van der Waals surface area contributed by atoms with Crippen LogP contribution < -0.4 is 21.7 Å². The molecule has 1 aromatic rings. The van der Waals surface area contributed by atoms with Crippen molar-refractivity contribution < 1.29 is 49.0 Å². The average Bonchev–Trinajstić information content (AvgIpc) is 3.69. The first kappa shape index (κ1) is 38.9. The molecule has 4 heterocycles. The lowest BCUT2D eigenvalue weighted by molar-refractivity contribution is -0.150. The summed E-state index contributed by atoms with van der Waals surface area (Å²) in [5, 5.41) is 38.0. The van der Waals surface area contributed by atoms with Crippen LogP contribution in [-0.2, 0) is 33.6 Å². The van der Waals surface area contributed by atoms with Crippen LogP contribution in [0.2, 0.25) is 0 Å². The normalized spacial score (nSPS) is 21.0. The van der Waals surface area contributed by atoms with Crippen molar-refractivity contribution in [3.8, 4) is 0 Å². The second kappa shape index (κ2) is 16.9. The zero-order chi connectivity index (χ0) is 37.6. The van der Waals surface area contributed by atoms with Gasteiger partial charge in [-0.05, 0) is 30.4 Å². The molecule has 2 saturated heterocycles. The Morgan fingerprint density at radius 1 is 1.14 bits per heavy atom. The number of nitrogens with zero attached hydrogens (tertiary/aromatic N) is 5. The number of aromatic nitrogens is 2. The molecule has 0 spiro atoms. The number of carboxylic acid groups (broad SMARTS) is 2. The standard InChI is InChI=1S/C30H39N9O10S2/c1-4-5-16(11-31)38-9-8-14(25(38)43)10-15-12-50-27-21(26(44)39(27)22(15)29(47)48)34-24(42)20(36-49)23-35-30(51-37-23)33-18(41)7-6-17(40)32-19(13(2)3)28(45)46/h10,13,16,19,21,27,49H,4-9,11-12,31H2,1-3H3,(H,32,40)(H,34,42)(H,45,46)(H,47,48)(H,33,35,37,41)/b14-10+,36-20+/t16-,19+,21-,27-/m1/s1. The molecular formula is C30H39N9O10S2. The van der Waals surface area contributed by atoms with E-state index >= 15 is 0 Å². The maximum atomic E-state index is 13.2. The lowest BCUT2D eigenvalue weighted by Gasteiger charge is -2.49. The molecule has 5 amide bonds. The molecule has 2 fully saturated rings. The smallest absolute Gasteiger partial charge is 0.352 e. The van der Waals surface area contributed by atoms with Crippen molar-refractivity contribution in [3.05, 3.63) is 28.7 Å². The summed E-state index contributed by atoms with van der Waals surface area (Å²) in [4.78, 5) is 94.2. The second-order valence-electron chi connectivity index (χ2n) is 12.2. The lowest BCUT2D eigenvalue weighted by atomic mass is 10.0. The number of thioether (sulfide) groups is 1. The molecule has 4 rings (SSSR count). The summed E-state index contributed by atoms with van der Waals surface area (Å²) < 4.78 is 3.91. The summed E-state index contributed by atoms with van der Waals surface area (Å²) in [5.41, 5.74) is 5.60. The summed E-state index contributed by atoms with van der Waals surface area (Å²) in [6, 6.07) is -2.43. The number of aliphatic carboxylic acids is 2. The fourth-order valence-corrected chi connectivity index (χ4v) is 7.65. The Bertz CT molecular complexity index is 1690. The topological polar surface area (TPSA) is 287 Å². The van der Waals surface area contributed by atoms with Gasteiger partial charge >= 0.3 is 11.9 Å². The average molecular weight is 750 g/mol.